The lowest BCUT2D eigenvalue weighted by atomic mass is 9.94. The van der Waals surface area contributed by atoms with E-state index in [1.165, 1.54) is 37.0 Å². The largest absolute Gasteiger partial charge is 0.418 e. The van der Waals surface area contributed by atoms with Gasteiger partial charge in [-0.2, -0.15) is 13.2 Å². The van der Waals surface area contributed by atoms with Gasteiger partial charge in [0.1, 0.15) is 11.9 Å². The molecule has 0 spiro atoms. The van der Waals surface area contributed by atoms with Gasteiger partial charge in [-0.3, -0.25) is 23.8 Å². The summed E-state index contributed by atoms with van der Waals surface area (Å²) in [5.41, 5.74) is -2.47. The molecule has 0 aliphatic carbocycles. The highest BCUT2D eigenvalue weighted by Gasteiger charge is 2.46. The van der Waals surface area contributed by atoms with Crippen molar-refractivity contribution in [3.63, 3.8) is 0 Å². The minimum absolute atomic E-state index is 0.000620. The summed E-state index contributed by atoms with van der Waals surface area (Å²) >= 11 is 0. The smallest absolute Gasteiger partial charge is 0.374 e. The van der Waals surface area contributed by atoms with Crippen molar-refractivity contribution >= 4 is 47.1 Å². The van der Waals surface area contributed by atoms with Crippen LogP contribution in [-0.4, -0.2) is 70.5 Å². The van der Waals surface area contributed by atoms with Crippen molar-refractivity contribution < 1.29 is 27.0 Å². The fraction of sp³-hybridized carbons (Fsp3) is 0.458. The summed E-state index contributed by atoms with van der Waals surface area (Å²) in [5.74, 6) is -1.20. The number of benzene rings is 1. The second-order valence-electron chi connectivity index (χ2n) is 9.42. The number of carbonyl (C=O) groups is 2. The molecule has 9 nitrogen and oxygen atoms in total. The first-order valence-corrected chi connectivity index (χ1v) is 13.1. The van der Waals surface area contributed by atoms with Crippen LogP contribution in [-0.2, 0) is 26.6 Å². The summed E-state index contributed by atoms with van der Waals surface area (Å²) in [5, 5.41) is 8.46. The maximum absolute atomic E-state index is 13.4. The van der Waals surface area contributed by atoms with Gasteiger partial charge in [-0.1, -0.05) is 18.2 Å². The Bertz CT molecular complexity index is 1210. The zero-order valence-electron chi connectivity index (χ0n) is 20.0. The van der Waals surface area contributed by atoms with Crippen molar-refractivity contribution in [2.24, 2.45) is 20.9 Å². The molecule has 0 saturated carbocycles. The predicted octanol–water partition coefficient (Wildman–Crippen LogP) is 2.09. The van der Waals surface area contributed by atoms with Crippen molar-refractivity contribution in [2.75, 3.05) is 29.9 Å². The molecule has 4 rings (SSSR count). The number of para-hydroxylation sites is 1. The number of alkyl halides is 3. The van der Waals surface area contributed by atoms with E-state index >= 15 is 0 Å². The minimum Gasteiger partial charge on any atom is -0.374 e. The molecular formula is C24H27F3N6O3S. The van der Waals surface area contributed by atoms with Crippen LogP contribution in [0.15, 0.2) is 51.0 Å². The fourth-order valence-electron chi connectivity index (χ4n) is 4.27. The maximum atomic E-state index is 13.4. The number of halogens is 3. The molecule has 37 heavy (non-hydrogen) atoms. The summed E-state index contributed by atoms with van der Waals surface area (Å²) in [4.78, 5) is 38.0. The summed E-state index contributed by atoms with van der Waals surface area (Å²) in [6.45, 7) is 1.99. The summed E-state index contributed by atoms with van der Waals surface area (Å²) < 4.78 is 52.2. The van der Waals surface area contributed by atoms with E-state index < -0.39 is 51.3 Å². The van der Waals surface area contributed by atoms with Gasteiger partial charge in [-0.25, -0.2) is 4.99 Å². The Morgan fingerprint density at radius 1 is 1.24 bits per heavy atom. The lowest BCUT2D eigenvalue weighted by Crippen LogP contribution is -2.61. The number of hydrogen-bond donors (Lipinski definition) is 3. The van der Waals surface area contributed by atoms with Crippen molar-refractivity contribution in [2.45, 2.75) is 37.0 Å². The van der Waals surface area contributed by atoms with Gasteiger partial charge in [-0.15, -0.1) is 0 Å². The van der Waals surface area contributed by atoms with E-state index in [1.807, 2.05) is 0 Å². The second kappa shape index (κ2) is 10.6. The number of nitrogens with zero attached hydrogens (tertiary/aromatic N) is 3. The number of aliphatic imine (C=N–C) groups is 3. The second-order valence-corrected chi connectivity index (χ2v) is 11.0. The Hall–Kier alpha value is -3.35. The molecule has 2 amide bonds. The van der Waals surface area contributed by atoms with Crippen molar-refractivity contribution in [3.05, 3.63) is 41.6 Å². The maximum Gasteiger partial charge on any atom is 0.418 e. The lowest BCUT2D eigenvalue weighted by molar-refractivity contribution is -0.137. The Balaban J connectivity index is 1.37. The molecule has 0 bridgehead atoms. The molecule has 4 atom stereocenters. The molecule has 198 valence electrons. The van der Waals surface area contributed by atoms with Crippen LogP contribution >= 0.6 is 0 Å². The zero-order chi connectivity index (χ0) is 26.7. The molecule has 1 aromatic carbocycles. The van der Waals surface area contributed by atoms with Crippen LogP contribution in [0.3, 0.4) is 0 Å². The predicted molar refractivity (Wildman–Crippen MR) is 136 cm³/mol. The number of hydrogen-bond acceptors (Lipinski definition) is 7. The Morgan fingerprint density at radius 2 is 2.03 bits per heavy atom. The van der Waals surface area contributed by atoms with Gasteiger partial charge >= 0.3 is 6.18 Å². The average molecular weight is 537 g/mol. The number of rotatable bonds is 7. The third-order valence-electron chi connectivity index (χ3n) is 6.37. The van der Waals surface area contributed by atoms with Gasteiger partial charge in [0.05, 0.1) is 41.6 Å². The highest BCUT2D eigenvalue weighted by atomic mass is 32.2. The standard InChI is InChI=1S/C24H27F3N6O3S/c1-22(32-19-5-3-2-4-18(19)24(25,26)27)7-6-17(31-13-22)12-30-21(35)23(8-9-37(36)14-23)33-20(34)16-10-28-15-29-11-16/h2-6,10,13,15-16,32H,7-9,11-12,14H2,1H3,(H,30,35)(H,33,34). The minimum atomic E-state index is -4.50. The van der Waals surface area contributed by atoms with Gasteiger partial charge < -0.3 is 16.0 Å². The van der Waals surface area contributed by atoms with E-state index in [-0.39, 0.29) is 36.7 Å². The van der Waals surface area contributed by atoms with Crippen LogP contribution in [0, 0.1) is 5.92 Å². The fourth-order valence-corrected chi connectivity index (χ4v) is 5.88. The number of amides is 2. The van der Waals surface area contributed by atoms with Crippen LogP contribution < -0.4 is 16.0 Å². The van der Waals surface area contributed by atoms with Crippen LogP contribution in [0.25, 0.3) is 0 Å². The topological polar surface area (TPSA) is 124 Å². The van der Waals surface area contributed by atoms with Crippen LogP contribution in [0.4, 0.5) is 18.9 Å². The first kappa shape index (κ1) is 26.7. The zero-order valence-corrected chi connectivity index (χ0v) is 20.9. The van der Waals surface area contributed by atoms with Crippen molar-refractivity contribution in [1.82, 2.24) is 10.6 Å². The van der Waals surface area contributed by atoms with Crippen molar-refractivity contribution in [1.29, 1.82) is 0 Å². The normalized spacial score (nSPS) is 29.0. The van der Waals surface area contributed by atoms with Gasteiger partial charge in [0.15, 0.2) is 0 Å². The Morgan fingerprint density at radius 3 is 2.65 bits per heavy atom. The van der Waals surface area contributed by atoms with Gasteiger partial charge in [0, 0.05) is 34.7 Å². The van der Waals surface area contributed by atoms with Gasteiger partial charge in [0.2, 0.25) is 11.8 Å². The van der Waals surface area contributed by atoms with E-state index in [0.29, 0.717) is 12.1 Å². The van der Waals surface area contributed by atoms with E-state index in [9.17, 15) is 27.0 Å². The molecule has 3 aliphatic rings. The molecule has 1 aromatic rings. The molecule has 13 heteroatoms. The Labute approximate surface area is 214 Å². The molecule has 3 aliphatic heterocycles. The highest BCUT2D eigenvalue weighted by molar-refractivity contribution is 7.85. The lowest BCUT2D eigenvalue weighted by Gasteiger charge is -2.31. The van der Waals surface area contributed by atoms with Crippen LogP contribution in [0.1, 0.15) is 25.3 Å². The molecule has 3 heterocycles. The first-order chi connectivity index (χ1) is 17.5. The van der Waals surface area contributed by atoms with E-state index in [1.54, 1.807) is 13.0 Å². The summed E-state index contributed by atoms with van der Waals surface area (Å²) in [6, 6.07) is 5.24. The third-order valence-corrected chi connectivity index (χ3v) is 7.85. The van der Waals surface area contributed by atoms with E-state index in [2.05, 4.69) is 30.9 Å². The summed E-state index contributed by atoms with van der Waals surface area (Å²) in [6.07, 6.45) is 2.13. The van der Waals surface area contributed by atoms with E-state index in [4.69, 9.17) is 0 Å². The van der Waals surface area contributed by atoms with E-state index in [0.717, 1.165) is 6.07 Å². The SMILES string of the molecule is CC1(Nc2ccccc2C(F)(F)F)C=NC(CNC(=O)C2(NC(=O)C3C=NC=NC3)CCS(=O)C2)=CC1. The Kier molecular flexibility index (Phi) is 7.62. The molecule has 0 aromatic heterocycles. The average Bonchev–Trinajstić information content (AvgIpc) is 3.25. The first-order valence-electron chi connectivity index (χ1n) is 11.7. The summed E-state index contributed by atoms with van der Waals surface area (Å²) in [7, 11) is -1.25. The molecule has 4 unspecified atom stereocenters. The molecule has 3 N–H and O–H groups in total. The van der Waals surface area contributed by atoms with Crippen LogP contribution in [0.2, 0.25) is 0 Å². The molecule has 1 saturated heterocycles. The number of carbonyl (C=O) groups excluding carboxylic acids is 2. The monoisotopic (exact) mass is 536 g/mol. The molecule has 0 radical (unpaired) electrons. The van der Waals surface area contributed by atoms with Crippen LogP contribution in [0.5, 0.6) is 0 Å². The molecular weight excluding hydrogens is 509 g/mol. The number of nitrogens with one attached hydrogen (secondary N) is 3. The quantitative estimate of drug-likeness (QED) is 0.494. The third kappa shape index (κ3) is 6.32. The van der Waals surface area contributed by atoms with Crippen molar-refractivity contribution in [3.8, 4) is 0 Å². The number of anilines is 1. The van der Waals surface area contributed by atoms with Gasteiger partial charge in [-0.05, 0) is 31.9 Å². The highest BCUT2D eigenvalue weighted by Crippen LogP contribution is 2.36. The van der Waals surface area contributed by atoms with Gasteiger partial charge in [0.25, 0.3) is 0 Å². The molecule has 1 fully saturated rings.